The van der Waals surface area contributed by atoms with Crippen molar-refractivity contribution in [2.45, 2.75) is 56.2 Å². The van der Waals surface area contributed by atoms with Crippen molar-refractivity contribution >= 4 is 0 Å². The third-order valence-electron chi connectivity index (χ3n) is 5.12. The van der Waals surface area contributed by atoms with E-state index in [9.17, 15) is 10.2 Å². The van der Waals surface area contributed by atoms with Crippen molar-refractivity contribution in [3.8, 4) is 0 Å². The third-order valence-corrected chi connectivity index (χ3v) is 5.12. The Kier molecular flexibility index (Phi) is 2.94. The Morgan fingerprint density at radius 2 is 1.94 bits per heavy atom. The van der Waals surface area contributed by atoms with E-state index >= 15 is 0 Å². The van der Waals surface area contributed by atoms with Crippen LogP contribution in [0.4, 0.5) is 0 Å². The fraction of sp³-hybridized carbons (Fsp3) is 1.00. The van der Waals surface area contributed by atoms with E-state index in [4.69, 9.17) is 4.74 Å². The van der Waals surface area contributed by atoms with Crippen LogP contribution < -0.4 is 5.32 Å². The number of ether oxygens (including phenoxy) is 1. The van der Waals surface area contributed by atoms with E-state index in [1.165, 1.54) is 0 Å². The average Bonchev–Trinajstić information content (AvgIpc) is 2.70. The Bertz CT molecular complexity index is 276. The minimum Gasteiger partial charge on any atom is -0.396 e. The van der Waals surface area contributed by atoms with E-state index in [0.717, 1.165) is 45.1 Å². The first-order valence-corrected chi connectivity index (χ1v) is 6.85. The fourth-order valence-corrected chi connectivity index (χ4v) is 4.05. The molecular formula is C13H23NO3. The van der Waals surface area contributed by atoms with Crippen molar-refractivity contribution < 1.29 is 14.9 Å². The molecule has 0 spiro atoms. The molecular weight excluding hydrogens is 218 g/mol. The second-order valence-electron chi connectivity index (χ2n) is 6.17. The summed E-state index contributed by atoms with van der Waals surface area (Å²) in [6.45, 7) is 1.32. The Labute approximate surface area is 102 Å². The zero-order valence-corrected chi connectivity index (χ0v) is 10.3. The normalized spacial score (nSPS) is 50.5. The molecule has 0 aliphatic carbocycles. The van der Waals surface area contributed by atoms with Gasteiger partial charge in [-0.2, -0.15) is 0 Å². The van der Waals surface area contributed by atoms with Gasteiger partial charge in [-0.05, 0) is 38.5 Å². The molecule has 3 heterocycles. The molecule has 0 amide bonds. The monoisotopic (exact) mass is 241 g/mol. The smallest absolute Gasteiger partial charge is 0.0777 e. The molecule has 0 aromatic carbocycles. The molecule has 4 heteroatoms. The number of aliphatic hydroxyl groups is 2. The van der Waals surface area contributed by atoms with E-state index in [-0.39, 0.29) is 6.61 Å². The van der Waals surface area contributed by atoms with Gasteiger partial charge in [0.25, 0.3) is 0 Å². The SMILES string of the molecule is OCC1(C2(O)CC3CCC(C2)N3)CCCOC1. The number of aliphatic hydroxyl groups excluding tert-OH is 1. The van der Waals surface area contributed by atoms with Gasteiger partial charge in [-0.3, -0.25) is 0 Å². The van der Waals surface area contributed by atoms with Gasteiger partial charge >= 0.3 is 0 Å². The van der Waals surface area contributed by atoms with Gasteiger partial charge in [-0.15, -0.1) is 0 Å². The summed E-state index contributed by atoms with van der Waals surface area (Å²) in [6, 6.07) is 0.869. The molecule has 0 radical (unpaired) electrons. The molecule has 3 atom stereocenters. The maximum absolute atomic E-state index is 11.0. The number of hydrogen-bond acceptors (Lipinski definition) is 4. The Hall–Kier alpha value is -0.160. The van der Waals surface area contributed by atoms with Gasteiger partial charge in [0.05, 0.1) is 18.8 Å². The summed E-state index contributed by atoms with van der Waals surface area (Å²) in [5, 5.41) is 24.4. The van der Waals surface area contributed by atoms with Crippen LogP contribution in [0.2, 0.25) is 0 Å². The van der Waals surface area contributed by atoms with Crippen molar-refractivity contribution in [2.24, 2.45) is 5.41 Å². The van der Waals surface area contributed by atoms with Gasteiger partial charge in [0.2, 0.25) is 0 Å². The Balaban J connectivity index is 1.84. The standard InChI is InChI=1S/C13H23NO3/c15-8-12(4-1-5-17-9-12)13(16)6-10-2-3-11(7-13)14-10/h10-11,14-16H,1-9H2. The highest BCUT2D eigenvalue weighted by Gasteiger charge is 2.55. The first kappa shape index (κ1) is 11.9. The van der Waals surface area contributed by atoms with Crippen molar-refractivity contribution in [3.05, 3.63) is 0 Å². The molecule has 3 N–H and O–H groups in total. The highest BCUT2D eigenvalue weighted by Crippen LogP contribution is 2.48. The van der Waals surface area contributed by atoms with Gasteiger partial charge < -0.3 is 20.3 Å². The van der Waals surface area contributed by atoms with Crippen LogP contribution in [0.3, 0.4) is 0 Å². The van der Waals surface area contributed by atoms with Crippen LogP contribution in [0.25, 0.3) is 0 Å². The van der Waals surface area contributed by atoms with Gasteiger partial charge in [0.15, 0.2) is 0 Å². The molecule has 3 aliphatic rings. The number of fused-ring (bicyclic) bond motifs is 2. The summed E-state index contributed by atoms with van der Waals surface area (Å²) in [7, 11) is 0. The van der Waals surface area contributed by atoms with Crippen LogP contribution in [0.1, 0.15) is 38.5 Å². The molecule has 4 nitrogen and oxygen atoms in total. The Morgan fingerprint density at radius 3 is 2.47 bits per heavy atom. The van der Waals surface area contributed by atoms with E-state index in [0.29, 0.717) is 18.7 Å². The molecule has 3 fully saturated rings. The largest absolute Gasteiger partial charge is 0.396 e. The van der Waals surface area contributed by atoms with E-state index in [1.54, 1.807) is 0 Å². The quantitative estimate of drug-likeness (QED) is 0.656. The first-order chi connectivity index (χ1) is 8.17. The number of hydrogen-bond donors (Lipinski definition) is 3. The van der Waals surface area contributed by atoms with Gasteiger partial charge in [0, 0.05) is 24.1 Å². The van der Waals surface area contributed by atoms with Crippen molar-refractivity contribution in [2.75, 3.05) is 19.8 Å². The summed E-state index contributed by atoms with van der Waals surface area (Å²) >= 11 is 0. The van der Waals surface area contributed by atoms with Crippen molar-refractivity contribution in [1.29, 1.82) is 0 Å². The lowest BCUT2D eigenvalue weighted by Gasteiger charge is -2.51. The predicted molar refractivity (Wildman–Crippen MR) is 63.7 cm³/mol. The number of piperidine rings is 1. The molecule has 2 bridgehead atoms. The van der Waals surface area contributed by atoms with Crippen molar-refractivity contribution in [3.63, 3.8) is 0 Å². The highest BCUT2D eigenvalue weighted by atomic mass is 16.5. The van der Waals surface area contributed by atoms with Gasteiger partial charge in [-0.25, -0.2) is 0 Å². The lowest BCUT2D eigenvalue weighted by atomic mass is 9.63. The van der Waals surface area contributed by atoms with E-state index in [1.807, 2.05) is 0 Å². The second kappa shape index (κ2) is 4.19. The van der Waals surface area contributed by atoms with E-state index in [2.05, 4.69) is 5.32 Å². The molecule has 3 aliphatic heterocycles. The van der Waals surface area contributed by atoms with Crippen LogP contribution in [-0.2, 0) is 4.74 Å². The summed E-state index contributed by atoms with van der Waals surface area (Å²) in [6.07, 6.45) is 5.70. The third kappa shape index (κ3) is 1.82. The Morgan fingerprint density at radius 1 is 1.24 bits per heavy atom. The highest BCUT2D eigenvalue weighted by molar-refractivity contribution is 5.09. The van der Waals surface area contributed by atoms with Crippen LogP contribution in [0.15, 0.2) is 0 Å². The second-order valence-corrected chi connectivity index (χ2v) is 6.17. The average molecular weight is 241 g/mol. The summed E-state index contributed by atoms with van der Waals surface area (Å²) in [4.78, 5) is 0. The predicted octanol–water partition coefficient (Wildman–Crippen LogP) is 0.421. The van der Waals surface area contributed by atoms with Crippen LogP contribution in [0.5, 0.6) is 0 Å². The van der Waals surface area contributed by atoms with Crippen LogP contribution >= 0.6 is 0 Å². The zero-order chi connectivity index (χ0) is 11.9. The minimum atomic E-state index is -0.737. The van der Waals surface area contributed by atoms with Crippen LogP contribution in [0, 0.1) is 5.41 Å². The van der Waals surface area contributed by atoms with Gasteiger partial charge in [0.1, 0.15) is 0 Å². The first-order valence-electron chi connectivity index (χ1n) is 6.85. The maximum atomic E-state index is 11.0. The van der Waals surface area contributed by atoms with Crippen LogP contribution in [-0.4, -0.2) is 47.7 Å². The summed E-state index contributed by atoms with van der Waals surface area (Å²) < 4.78 is 5.55. The van der Waals surface area contributed by atoms with Crippen molar-refractivity contribution in [1.82, 2.24) is 5.32 Å². The van der Waals surface area contributed by atoms with Gasteiger partial charge in [-0.1, -0.05) is 0 Å². The molecule has 3 saturated heterocycles. The fourth-order valence-electron chi connectivity index (χ4n) is 4.05. The minimum absolute atomic E-state index is 0.0446. The molecule has 0 aromatic rings. The maximum Gasteiger partial charge on any atom is 0.0777 e. The molecule has 98 valence electrons. The zero-order valence-electron chi connectivity index (χ0n) is 10.3. The molecule has 0 aromatic heterocycles. The summed E-state index contributed by atoms with van der Waals surface area (Å²) in [5.74, 6) is 0. The number of rotatable bonds is 2. The topological polar surface area (TPSA) is 61.7 Å². The number of nitrogens with one attached hydrogen (secondary N) is 1. The molecule has 3 unspecified atom stereocenters. The van der Waals surface area contributed by atoms with E-state index < -0.39 is 11.0 Å². The summed E-state index contributed by atoms with van der Waals surface area (Å²) in [5.41, 5.74) is -1.16. The lowest BCUT2D eigenvalue weighted by molar-refractivity contribution is -0.183. The molecule has 0 saturated carbocycles. The lowest BCUT2D eigenvalue weighted by Crippen LogP contribution is -2.61. The molecule has 17 heavy (non-hydrogen) atoms. The molecule has 3 rings (SSSR count).